The zero-order valence-electron chi connectivity index (χ0n) is 4.64. The van der Waals surface area contributed by atoms with Gasteiger partial charge in [0.05, 0.1) is 4.99 Å². The maximum atomic E-state index is 5.18. The molecule has 0 aromatic heterocycles. The average Bonchev–Trinajstić information content (AvgIpc) is 1.27. The minimum absolute atomic E-state index is 0. The van der Waals surface area contributed by atoms with Gasteiger partial charge >= 0.3 is 0 Å². The molecule has 0 fully saturated rings. The van der Waals surface area contributed by atoms with Crippen molar-refractivity contribution in [3.8, 4) is 0 Å². The second kappa shape index (κ2) is 5.00. The molecule has 0 atom stereocenters. The first-order valence-corrected chi connectivity index (χ1v) is 2.47. The van der Waals surface area contributed by atoms with Gasteiger partial charge in [0.1, 0.15) is 0 Å². The van der Waals surface area contributed by atoms with Crippen LogP contribution in [0.4, 0.5) is 0 Å². The Kier molecular flexibility index (Phi) is 6.72. The van der Waals surface area contributed by atoms with Crippen LogP contribution in [0, 0.1) is 0 Å². The minimum atomic E-state index is 0. The summed E-state index contributed by atoms with van der Waals surface area (Å²) in [5, 5.41) is 0. The number of thiocarbonyl (C=S) groups is 1. The van der Waals surface area contributed by atoms with Gasteiger partial charge in [-0.05, 0) is 14.1 Å². The number of hydrogen-bond acceptors (Lipinski definition) is 2. The Morgan fingerprint density at radius 3 is 2.00 bits per heavy atom. The summed E-state index contributed by atoms with van der Waals surface area (Å²) in [6.07, 6.45) is 0. The van der Waals surface area contributed by atoms with E-state index >= 15 is 0 Å². The SMILES string of the molecule is C.CN(C)CC(N)=S. The smallest absolute Gasteiger partial charge is 0.0869 e. The maximum Gasteiger partial charge on any atom is 0.0869 e. The standard InChI is InChI=1S/C4H10N2S.CH4/c1-6(2)3-4(5)7;/h3H2,1-2H3,(H2,5,7);1H4. The van der Waals surface area contributed by atoms with E-state index in [0.717, 1.165) is 0 Å². The van der Waals surface area contributed by atoms with Crippen molar-refractivity contribution >= 4 is 17.2 Å². The molecule has 0 rings (SSSR count). The van der Waals surface area contributed by atoms with Crippen molar-refractivity contribution < 1.29 is 0 Å². The molecule has 0 bridgehead atoms. The van der Waals surface area contributed by atoms with Gasteiger partial charge in [-0.2, -0.15) is 0 Å². The molecule has 0 radical (unpaired) electrons. The number of hydrogen-bond donors (Lipinski definition) is 1. The molecule has 0 aromatic rings. The highest BCUT2D eigenvalue weighted by atomic mass is 32.1. The van der Waals surface area contributed by atoms with E-state index in [1.54, 1.807) is 0 Å². The highest BCUT2D eigenvalue weighted by Gasteiger charge is 1.87. The average molecular weight is 134 g/mol. The zero-order chi connectivity index (χ0) is 5.86. The summed E-state index contributed by atoms with van der Waals surface area (Å²) < 4.78 is 0. The molecular formula is C5H14N2S. The van der Waals surface area contributed by atoms with E-state index < -0.39 is 0 Å². The van der Waals surface area contributed by atoms with Crippen LogP contribution in [0.1, 0.15) is 7.43 Å². The van der Waals surface area contributed by atoms with E-state index in [4.69, 9.17) is 5.73 Å². The molecule has 3 heteroatoms. The lowest BCUT2D eigenvalue weighted by Gasteiger charge is -2.05. The summed E-state index contributed by atoms with van der Waals surface area (Å²) in [7, 11) is 3.86. The van der Waals surface area contributed by atoms with Crippen LogP contribution in [0.5, 0.6) is 0 Å². The number of nitrogens with zero attached hydrogens (tertiary/aromatic N) is 1. The molecule has 50 valence electrons. The zero-order valence-corrected chi connectivity index (χ0v) is 5.46. The summed E-state index contributed by atoms with van der Waals surface area (Å²) in [5.74, 6) is 0. The fourth-order valence-electron chi connectivity index (χ4n) is 0.312. The lowest BCUT2D eigenvalue weighted by molar-refractivity contribution is 0.471. The maximum absolute atomic E-state index is 5.18. The van der Waals surface area contributed by atoms with Crippen LogP contribution < -0.4 is 5.73 Å². The normalized spacial score (nSPS) is 8.38. The van der Waals surface area contributed by atoms with Crippen molar-refractivity contribution in [1.29, 1.82) is 0 Å². The van der Waals surface area contributed by atoms with Crippen LogP contribution in [-0.2, 0) is 0 Å². The molecular weight excluding hydrogens is 120 g/mol. The molecule has 8 heavy (non-hydrogen) atoms. The third-order valence-corrected chi connectivity index (χ3v) is 0.601. The first-order valence-electron chi connectivity index (χ1n) is 2.06. The van der Waals surface area contributed by atoms with E-state index in [-0.39, 0.29) is 7.43 Å². The molecule has 0 heterocycles. The van der Waals surface area contributed by atoms with Gasteiger partial charge in [0, 0.05) is 6.54 Å². The van der Waals surface area contributed by atoms with E-state index in [9.17, 15) is 0 Å². The molecule has 0 aromatic carbocycles. The summed E-state index contributed by atoms with van der Waals surface area (Å²) >= 11 is 4.61. The summed E-state index contributed by atoms with van der Waals surface area (Å²) in [6, 6.07) is 0. The van der Waals surface area contributed by atoms with E-state index in [1.165, 1.54) is 0 Å². The predicted molar refractivity (Wildman–Crippen MR) is 42.1 cm³/mol. The molecule has 0 aliphatic heterocycles. The Morgan fingerprint density at radius 2 is 2.00 bits per heavy atom. The third kappa shape index (κ3) is 9.28. The largest absolute Gasteiger partial charge is 0.392 e. The lowest BCUT2D eigenvalue weighted by atomic mass is 10.6. The molecule has 2 nitrogen and oxygen atoms in total. The first-order chi connectivity index (χ1) is 3.13. The third-order valence-electron chi connectivity index (χ3n) is 0.472. The number of likely N-dealkylation sites (N-methyl/N-ethyl adjacent to an activating group) is 1. The van der Waals surface area contributed by atoms with Crippen LogP contribution in [0.2, 0.25) is 0 Å². The number of nitrogens with two attached hydrogens (primary N) is 1. The number of rotatable bonds is 2. The minimum Gasteiger partial charge on any atom is -0.392 e. The molecule has 0 spiro atoms. The van der Waals surface area contributed by atoms with Crippen LogP contribution in [-0.4, -0.2) is 30.5 Å². The Hall–Kier alpha value is -0.150. The topological polar surface area (TPSA) is 29.3 Å². The Labute approximate surface area is 56.7 Å². The fraction of sp³-hybridized carbons (Fsp3) is 0.800. The quantitative estimate of drug-likeness (QED) is 0.557. The predicted octanol–water partition coefficient (Wildman–Crippen LogP) is 0.470. The first kappa shape index (κ1) is 10.8. The van der Waals surface area contributed by atoms with Crippen LogP contribution in [0.3, 0.4) is 0 Å². The lowest BCUT2D eigenvalue weighted by Crippen LogP contribution is -2.25. The molecule has 0 aliphatic rings. The molecule has 0 amide bonds. The molecule has 0 saturated heterocycles. The highest BCUT2D eigenvalue weighted by molar-refractivity contribution is 7.80. The van der Waals surface area contributed by atoms with E-state index in [1.807, 2.05) is 19.0 Å². The summed E-state index contributed by atoms with van der Waals surface area (Å²) in [6.45, 7) is 0.704. The summed E-state index contributed by atoms with van der Waals surface area (Å²) in [5.41, 5.74) is 5.18. The van der Waals surface area contributed by atoms with Crippen molar-refractivity contribution in [3.63, 3.8) is 0 Å². The van der Waals surface area contributed by atoms with E-state index in [2.05, 4.69) is 12.2 Å². The fourth-order valence-corrected chi connectivity index (χ4v) is 0.570. The second-order valence-corrected chi connectivity index (χ2v) is 2.23. The molecule has 0 unspecified atom stereocenters. The van der Waals surface area contributed by atoms with E-state index in [0.29, 0.717) is 11.5 Å². The molecule has 0 saturated carbocycles. The molecule has 0 aliphatic carbocycles. The Morgan fingerprint density at radius 1 is 1.62 bits per heavy atom. The van der Waals surface area contributed by atoms with Crippen molar-refractivity contribution in [1.82, 2.24) is 4.90 Å². The van der Waals surface area contributed by atoms with Crippen LogP contribution >= 0.6 is 12.2 Å². The van der Waals surface area contributed by atoms with Gasteiger partial charge in [0.15, 0.2) is 0 Å². The van der Waals surface area contributed by atoms with Crippen LogP contribution in [0.15, 0.2) is 0 Å². The van der Waals surface area contributed by atoms with Gasteiger partial charge in [0.25, 0.3) is 0 Å². The van der Waals surface area contributed by atoms with Gasteiger partial charge in [-0.3, -0.25) is 0 Å². The van der Waals surface area contributed by atoms with Gasteiger partial charge in [-0.25, -0.2) is 0 Å². The highest BCUT2D eigenvalue weighted by Crippen LogP contribution is 1.71. The molecule has 2 N–H and O–H groups in total. The van der Waals surface area contributed by atoms with Crippen LogP contribution in [0.25, 0.3) is 0 Å². The second-order valence-electron chi connectivity index (χ2n) is 1.70. The van der Waals surface area contributed by atoms with Gasteiger partial charge in [-0.1, -0.05) is 19.6 Å². The van der Waals surface area contributed by atoms with Gasteiger partial charge < -0.3 is 10.6 Å². The van der Waals surface area contributed by atoms with Crippen molar-refractivity contribution in [3.05, 3.63) is 0 Å². The van der Waals surface area contributed by atoms with Gasteiger partial charge in [-0.15, -0.1) is 0 Å². The van der Waals surface area contributed by atoms with Crippen molar-refractivity contribution in [2.24, 2.45) is 5.73 Å². The van der Waals surface area contributed by atoms with Gasteiger partial charge in [0.2, 0.25) is 0 Å². The Bertz CT molecular complexity index is 70.8. The summed E-state index contributed by atoms with van der Waals surface area (Å²) in [4.78, 5) is 2.48. The Balaban J connectivity index is 0. The monoisotopic (exact) mass is 134 g/mol. The van der Waals surface area contributed by atoms with Crippen molar-refractivity contribution in [2.75, 3.05) is 20.6 Å². The van der Waals surface area contributed by atoms with Crippen molar-refractivity contribution in [2.45, 2.75) is 7.43 Å².